The second-order valence-corrected chi connectivity index (χ2v) is 7.07. The molecule has 3 N–H and O–H groups in total. The zero-order chi connectivity index (χ0) is 21.0. The van der Waals surface area contributed by atoms with Crippen LogP contribution in [0.4, 0.5) is 14.5 Å². The van der Waals surface area contributed by atoms with E-state index in [4.69, 9.17) is 10.4 Å². The van der Waals surface area contributed by atoms with Crippen molar-refractivity contribution in [1.82, 2.24) is 9.78 Å². The fraction of sp³-hybridized carbons (Fsp3) is 0.105. The predicted octanol–water partition coefficient (Wildman–Crippen LogP) is 2.84. The number of benzene rings is 2. The van der Waals surface area contributed by atoms with Gasteiger partial charge in [-0.15, -0.1) is 5.14 Å². The topological polar surface area (TPSA) is 120 Å². The summed E-state index contributed by atoms with van der Waals surface area (Å²) in [6.45, 7) is 0. The van der Waals surface area contributed by atoms with E-state index in [0.717, 1.165) is 0 Å². The average molecular weight is 415 g/mol. The fourth-order valence-corrected chi connectivity index (χ4v) is 3.24. The first-order valence-corrected chi connectivity index (χ1v) is 9.51. The number of nitrogens with one attached hydrogen (secondary N) is 1. The summed E-state index contributed by atoms with van der Waals surface area (Å²) in [5, 5.41) is 21.1. The molecule has 0 aliphatic heterocycles. The van der Waals surface area contributed by atoms with Crippen LogP contribution < -0.4 is 10.5 Å². The molecule has 29 heavy (non-hydrogen) atoms. The SMILES string of the molecule is N#Cc1cnn(-c2ccc(NC(=O)Cc3ccc(C(F)F)cc3)cc2[S+](N)[O-])c1. The van der Waals surface area contributed by atoms with Gasteiger partial charge in [0.15, 0.2) is 0 Å². The molecule has 1 heterocycles. The van der Waals surface area contributed by atoms with E-state index in [0.29, 0.717) is 22.5 Å². The molecular formula is C19H15F2N5O2S. The Balaban J connectivity index is 1.76. The first kappa shape index (κ1) is 20.5. The molecule has 0 saturated heterocycles. The molecule has 148 valence electrons. The third kappa shape index (κ3) is 4.97. The molecule has 0 fully saturated rings. The molecule has 0 saturated carbocycles. The van der Waals surface area contributed by atoms with Crippen LogP contribution in [0.1, 0.15) is 23.1 Å². The number of halogens is 2. The number of nitrogens with zero attached hydrogens (tertiary/aromatic N) is 3. The highest BCUT2D eigenvalue weighted by Crippen LogP contribution is 2.24. The smallest absolute Gasteiger partial charge is 0.263 e. The van der Waals surface area contributed by atoms with Crippen molar-refractivity contribution < 1.29 is 18.1 Å². The first-order valence-electron chi connectivity index (χ1n) is 8.29. The molecular weight excluding hydrogens is 400 g/mol. The van der Waals surface area contributed by atoms with Crippen LogP contribution in [-0.2, 0) is 22.6 Å². The second-order valence-electron chi connectivity index (χ2n) is 6.03. The van der Waals surface area contributed by atoms with Gasteiger partial charge in [0, 0.05) is 23.5 Å². The lowest BCUT2D eigenvalue weighted by Gasteiger charge is -2.12. The molecule has 0 bridgehead atoms. The number of anilines is 1. The van der Waals surface area contributed by atoms with Crippen molar-refractivity contribution in [1.29, 1.82) is 5.26 Å². The molecule has 0 spiro atoms. The Morgan fingerprint density at radius 1 is 1.31 bits per heavy atom. The quantitative estimate of drug-likeness (QED) is 0.600. The second kappa shape index (κ2) is 8.83. The minimum atomic E-state index is -2.56. The normalized spacial score (nSPS) is 11.9. The summed E-state index contributed by atoms with van der Waals surface area (Å²) >= 11 is -1.87. The van der Waals surface area contributed by atoms with Gasteiger partial charge in [-0.1, -0.05) is 24.3 Å². The Hall–Kier alpha value is -3.26. The van der Waals surface area contributed by atoms with Crippen molar-refractivity contribution in [2.75, 3.05) is 5.32 Å². The van der Waals surface area contributed by atoms with Gasteiger partial charge in [0.25, 0.3) is 6.43 Å². The molecule has 0 aliphatic carbocycles. The first-order chi connectivity index (χ1) is 13.9. The predicted molar refractivity (Wildman–Crippen MR) is 103 cm³/mol. The average Bonchev–Trinajstić information content (AvgIpc) is 3.17. The molecule has 0 radical (unpaired) electrons. The van der Waals surface area contributed by atoms with Crippen LogP contribution in [0, 0.1) is 11.3 Å². The Kier molecular flexibility index (Phi) is 6.23. The lowest BCUT2D eigenvalue weighted by Crippen LogP contribution is -2.18. The van der Waals surface area contributed by atoms with Crippen molar-refractivity contribution in [3.05, 3.63) is 71.5 Å². The molecule has 7 nitrogen and oxygen atoms in total. The minimum Gasteiger partial charge on any atom is -0.593 e. The third-order valence-electron chi connectivity index (χ3n) is 4.02. The van der Waals surface area contributed by atoms with E-state index in [1.807, 2.05) is 6.07 Å². The summed E-state index contributed by atoms with van der Waals surface area (Å²) in [7, 11) is 0. The van der Waals surface area contributed by atoms with E-state index in [1.165, 1.54) is 47.4 Å². The van der Waals surface area contributed by atoms with Gasteiger partial charge < -0.3 is 9.87 Å². The number of carbonyl (C=O) groups is 1. The third-order valence-corrected chi connectivity index (χ3v) is 4.78. The molecule has 1 atom stereocenters. The van der Waals surface area contributed by atoms with Crippen LogP contribution in [0.15, 0.2) is 59.8 Å². The van der Waals surface area contributed by atoms with Gasteiger partial charge >= 0.3 is 0 Å². The Morgan fingerprint density at radius 2 is 2.03 bits per heavy atom. The summed E-state index contributed by atoms with van der Waals surface area (Å²) in [4.78, 5) is 12.5. The maximum Gasteiger partial charge on any atom is 0.263 e. The largest absolute Gasteiger partial charge is 0.593 e. The number of alkyl halides is 2. The maximum atomic E-state index is 12.6. The van der Waals surface area contributed by atoms with E-state index in [1.54, 1.807) is 12.1 Å². The number of hydrogen-bond acceptors (Lipinski definition) is 5. The Labute approximate surface area is 168 Å². The van der Waals surface area contributed by atoms with E-state index in [-0.39, 0.29) is 22.8 Å². The maximum absolute atomic E-state index is 12.6. The molecule has 0 aliphatic rings. The van der Waals surface area contributed by atoms with E-state index < -0.39 is 17.8 Å². The van der Waals surface area contributed by atoms with Gasteiger partial charge in [-0.3, -0.25) is 4.79 Å². The Bertz CT molecular complexity index is 1060. The van der Waals surface area contributed by atoms with Crippen LogP contribution >= 0.6 is 0 Å². The number of hydrogen-bond donors (Lipinski definition) is 2. The molecule has 1 amide bonds. The zero-order valence-corrected chi connectivity index (χ0v) is 15.7. The summed E-state index contributed by atoms with van der Waals surface area (Å²) in [6.07, 6.45) is 0.244. The van der Waals surface area contributed by atoms with Crippen molar-refractivity contribution in [3.8, 4) is 11.8 Å². The van der Waals surface area contributed by atoms with Crippen LogP contribution in [0.5, 0.6) is 0 Å². The van der Waals surface area contributed by atoms with Gasteiger partial charge in [0.05, 0.1) is 29.5 Å². The van der Waals surface area contributed by atoms with E-state index in [9.17, 15) is 18.1 Å². The lowest BCUT2D eigenvalue weighted by atomic mass is 10.1. The van der Waals surface area contributed by atoms with Crippen LogP contribution in [-0.4, -0.2) is 20.2 Å². The van der Waals surface area contributed by atoms with Gasteiger partial charge in [-0.2, -0.15) is 10.4 Å². The number of nitriles is 1. The minimum absolute atomic E-state index is 0.0169. The van der Waals surface area contributed by atoms with E-state index >= 15 is 0 Å². The zero-order valence-electron chi connectivity index (χ0n) is 14.9. The highest BCUT2D eigenvalue weighted by Gasteiger charge is 2.18. The van der Waals surface area contributed by atoms with Gasteiger partial charge in [-0.25, -0.2) is 13.5 Å². The monoisotopic (exact) mass is 415 g/mol. The highest BCUT2D eigenvalue weighted by molar-refractivity contribution is 7.89. The van der Waals surface area contributed by atoms with Crippen LogP contribution in [0.3, 0.4) is 0 Å². The number of nitrogens with two attached hydrogens (primary N) is 1. The van der Waals surface area contributed by atoms with Gasteiger partial charge in [0.1, 0.15) is 11.8 Å². The summed E-state index contributed by atoms with van der Waals surface area (Å²) in [6, 6.07) is 12.0. The van der Waals surface area contributed by atoms with Crippen molar-refractivity contribution >= 4 is 23.0 Å². The fourth-order valence-electron chi connectivity index (χ4n) is 2.63. The molecule has 10 heteroatoms. The molecule has 1 unspecified atom stereocenters. The number of amides is 1. The van der Waals surface area contributed by atoms with Crippen LogP contribution in [0.2, 0.25) is 0 Å². The molecule has 1 aromatic heterocycles. The lowest BCUT2D eigenvalue weighted by molar-refractivity contribution is -0.115. The summed E-state index contributed by atoms with van der Waals surface area (Å²) in [5.74, 6) is -0.373. The van der Waals surface area contributed by atoms with Crippen molar-refractivity contribution in [2.24, 2.45) is 5.14 Å². The number of aromatic nitrogens is 2. The van der Waals surface area contributed by atoms with Gasteiger partial charge in [0.2, 0.25) is 10.8 Å². The highest BCUT2D eigenvalue weighted by atomic mass is 32.2. The summed E-state index contributed by atoms with van der Waals surface area (Å²) in [5.41, 5.74) is 1.57. The van der Waals surface area contributed by atoms with Crippen molar-refractivity contribution in [2.45, 2.75) is 17.7 Å². The Morgan fingerprint density at radius 3 is 2.62 bits per heavy atom. The standard InChI is InChI=1S/C19H15F2N5O2S/c20-19(21)14-3-1-12(2-4-14)7-18(27)25-15-5-6-16(17(8-15)29(23)28)26-11-13(9-22)10-24-26/h1-6,8,10-11,19H,7,23H2,(H,25,27). The number of rotatable bonds is 6. The van der Waals surface area contributed by atoms with Gasteiger partial charge in [-0.05, 0) is 17.7 Å². The molecule has 3 aromatic rings. The van der Waals surface area contributed by atoms with E-state index in [2.05, 4.69) is 10.4 Å². The summed E-state index contributed by atoms with van der Waals surface area (Å²) < 4.78 is 38.5. The van der Waals surface area contributed by atoms with Crippen LogP contribution in [0.25, 0.3) is 5.69 Å². The number of carbonyl (C=O) groups excluding carboxylic acids is 1. The molecule has 2 aromatic carbocycles. The molecule has 3 rings (SSSR count). The van der Waals surface area contributed by atoms with Crippen molar-refractivity contribution in [3.63, 3.8) is 0 Å².